The Morgan fingerprint density at radius 2 is 1.93 bits per heavy atom. The lowest BCUT2D eigenvalue weighted by molar-refractivity contribution is -0.167. The molecule has 0 aliphatic carbocycles. The molecule has 0 saturated heterocycles. The van der Waals surface area contributed by atoms with Gasteiger partial charge < -0.3 is 14.7 Å². The van der Waals surface area contributed by atoms with E-state index in [0.717, 1.165) is 7.11 Å². The van der Waals surface area contributed by atoms with Crippen LogP contribution < -0.4 is 0 Å². The van der Waals surface area contributed by atoms with Crippen LogP contribution in [0.1, 0.15) is 0 Å². The summed E-state index contributed by atoms with van der Waals surface area (Å²) < 4.78 is 40.1. The van der Waals surface area contributed by atoms with Gasteiger partial charge in [0, 0.05) is 7.11 Å². The van der Waals surface area contributed by atoms with Crippen molar-refractivity contribution in [3.8, 4) is 0 Å². The lowest BCUT2D eigenvalue weighted by atomic mass is 10.4. The molecule has 0 atom stereocenters. The first kappa shape index (κ1) is 13.7. The Hall–Kier alpha value is -1.31. The highest BCUT2D eigenvalue weighted by Crippen LogP contribution is 2.16. The molecule has 0 aromatic carbocycles. The van der Waals surface area contributed by atoms with E-state index in [2.05, 4.69) is 4.74 Å². The average Bonchev–Trinajstić information content (AvgIpc) is 1.99. The van der Waals surface area contributed by atoms with Crippen LogP contribution >= 0.6 is 0 Å². The highest BCUT2D eigenvalue weighted by Gasteiger charge is 2.33. The number of hydrogen-bond donors (Lipinski definition) is 1. The SMILES string of the molecule is COCC(=O)N(CC(=O)O)CC(F)(F)F. The summed E-state index contributed by atoms with van der Waals surface area (Å²) in [5.74, 6) is -2.53. The Labute approximate surface area is 83.4 Å². The Morgan fingerprint density at radius 1 is 1.40 bits per heavy atom. The van der Waals surface area contributed by atoms with Crippen molar-refractivity contribution in [2.75, 3.05) is 26.8 Å². The highest BCUT2D eigenvalue weighted by molar-refractivity contribution is 5.82. The Kier molecular flexibility index (Phi) is 5.06. The first-order valence-corrected chi connectivity index (χ1v) is 3.81. The van der Waals surface area contributed by atoms with Crippen LogP contribution in [0.15, 0.2) is 0 Å². The number of amides is 1. The number of ether oxygens (including phenoxy) is 1. The molecule has 0 unspecified atom stereocenters. The van der Waals surface area contributed by atoms with E-state index in [9.17, 15) is 22.8 Å². The van der Waals surface area contributed by atoms with E-state index in [4.69, 9.17) is 5.11 Å². The molecule has 0 heterocycles. The molecule has 0 bridgehead atoms. The fraction of sp³-hybridized carbons (Fsp3) is 0.714. The molecule has 5 nitrogen and oxygen atoms in total. The van der Waals surface area contributed by atoms with Gasteiger partial charge >= 0.3 is 12.1 Å². The molecule has 0 fully saturated rings. The monoisotopic (exact) mass is 229 g/mol. The van der Waals surface area contributed by atoms with Crippen LogP contribution in [-0.2, 0) is 14.3 Å². The number of carbonyl (C=O) groups is 2. The van der Waals surface area contributed by atoms with E-state index in [-0.39, 0.29) is 4.90 Å². The van der Waals surface area contributed by atoms with Gasteiger partial charge in [-0.05, 0) is 0 Å². The Morgan fingerprint density at radius 3 is 2.27 bits per heavy atom. The largest absolute Gasteiger partial charge is 0.480 e. The summed E-state index contributed by atoms with van der Waals surface area (Å²) in [5, 5.41) is 8.30. The minimum Gasteiger partial charge on any atom is -0.480 e. The van der Waals surface area contributed by atoms with Crippen molar-refractivity contribution in [2.45, 2.75) is 6.18 Å². The van der Waals surface area contributed by atoms with Gasteiger partial charge in [-0.2, -0.15) is 13.2 Å². The van der Waals surface area contributed by atoms with Gasteiger partial charge in [0.05, 0.1) is 0 Å². The second-order valence-electron chi connectivity index (χ2n) is 2.69. The maximum Gasteiger partial charge on any atom is 0.406 e. The zero-order chi connectivity index (χ0) is 12.1. The van der Waals surface area contributed by atoms with Crippen molar-refractivity contribution in [1.82, 2.24) is 4.90 Å². The summed E-state index contributed by atoms with van der Waals surface area (Å²) in [6.45, 7) is -3.17. The molecular formula is C7H10F3NO4. The maximum absolute atomic E-state index is 11.9. The van der Waals surface area contributed by atoms with Crippen molar-refractivity contribution in [3.05, 3.63) is 0 Å². The zero-order valence-corrected chi connectivity index (χ0v) is 7.87. The van der Waals surface area contributed by atoms with E-state index in [0.29, 0.717) is 0 Å². The molecule has 0 spiro atoms. The van der Waals surface area contributed by atoms with Crippen molar-refractivity contribution in [2.24, 2.45) is 0 Å². The molecule has 1 amide bonds. The number of aliphatic carboxylic acids is 1. The Bertz CT molecular complexity index is 241. The lowest BCUT2D eigenvalue weighted by Gasteiger charge is -2.21. The van der Waals surface area contributed by atoms with Crippen LogP contribution in [0.2, 0.25) is 0 Å². The summed E-state index contributed by atoms with van der Waals surface area (Å²) in [6, 6.07) is 0. The van der Waals surface area contributed by atoms with Gasteiger partial charge in [-0.1, -0.05) is 0 Å². The van der Waals surface area contributed by atoms with E-state index >= 15 is 0 Å². The summed E-state index contributed by atoms with van der Waals surface area (Å²) in [4.78, 5) is 21.4. The van der Waals surface area contributed by atoms with Crippen LogP contribution in [0.3, 0.4) is 0 Å². The minimum absolute atomic E-state index is 0.172. The molecule has 0 radical (unpaired) electrons. The van der Waals surface area contributed by atoms with Gasteiger partial charge in [0.2, 0.25) is 5.91 Å². The fourth-order valence-corrected chi connectivity index (χ4v) is 0.827. The van der Waals surface area contributed by atoms with Crippen LogP contribution in [0.4, 0.5) is 13.2 Å². The smallest absolute Gasteiger partial charge is 0.406 e. The quantitative estimate of drug-likeness (QED) is 0.726. The predicted molar refractivity (Wildman–Crippen MR) is 42.1 cm³/mol. The summed E-state index contributed by atoms with van der Waals surface area (Å²) in [6.07, 6.45) is -4.63. The molecule has 0 rings (SSSR count). The first-order chi connectivity index (χ1) is 6.76. The number of carboxylic acid groups (broad SMARTS) is 1. The van der Waals surface area contributed by atoms with Crippen LogP contribution in [-0.4, -0.2) is 54.9 Å². The standard InChI is InChI=1S/C7H10F3NO4/c1-15-3-5(12)11(2-6(13)14)4-7(8,9)10/h2-4H2,1H3,(H,13,14). The topological polar surface area (TPSA) is 66.8 Å². The fourth-order valence-electron chi connectivity index (χ4n) is 0.827. The number of alkyl halides is 3. The van der Waals surface area contributed by atoms with E-state index in [1.54, 1.807) is 0 Å². The van der Waals surface area contributed by atoms with E-state index in [1.807, 2.05) is 0 Å². The van der Waals surface area contributed by atoms with Crippen LogP contribution in [0, 0.1) is 0 Å². The van der Waals surface area contributed by atoms with Crippen molar-refractivity contribution < 1.29 is 32.6 Å². The predicted octanol–water partition coefficient (Wildman–Crippen LogP) is 0.108. The van der Waals surface area contributed by atoms with E-state index in [1.165, 1.54) is 0 Å². The molecule has 15 heavy (non-hydrogen) atoms. The third kappa shape index (κ3) is 6.72. The number of rotatable bonds is 5. The van der Waals surface area contributed by atoms with Gasteiger partial charge in [0.25, 0.3) is 0 Å². The van der Waals surface area contributed by atoms with Crippen LogP contribution in [0.25, 0.3) is 0 Å². The molecule has 0 saturated carbocycles. The molecule has 88 valence electrons. The van der Waals surface area contributed by atoms with Gasteiger partial charge in [-0.3, -0.25) is 9.59 Å². The zero-order valence-electron chi connectivity index (χ0n) is 7.87. The van der Waals surface area contributed by atoms with Gasteiger partial charge in [0.15, 0.2) is 0 Å². The number of halogens is 3. The maximum atomic E-state index is 11.9. The molecule has 0 aromatic heterocycles. The Balaban J connectivity index is 4.44. The molecule has 0 aliphatic heterocycles. The average molecular weight is 229 g/mol. The molecule has 8 heteroatoms. The number of methoxy groups -OCH3 is 1. The molecular weight excluding hydrogens is 219 g/mol. The second-order valence-corrected chi connectivity index (χ2v) is 2.69. The van der Waals surface area contributed by atoms with Crippen molar-refractivity contribution in [3.63, 3.8) is 0 Å². The number of nitrogens with zero attached hydrogens (tertiary/aromatic N) is 1. The number of carboxylic acids is 1. The van der Waals surface area contributed by atoms with Gasteiger partial charge in [-0.15, -0.1) is 0 Å². The van der Waals surface area contributed by atoms with Gasteiger partial charge in [0.1, 0.15) is 19.7 Å². The minimum atomic E-state index is -4.63. The summed E-state index contributed by atoms with van der Waals surface area (Å²) in [7, 11) is 1.13. The van der Waals surface area contributed by atoms with E-state index < -0.39 is 37.7 Å². The van der Waals surface area contributed by atoms with Gasteiger partial charge in [-0.25, -0.2) is 0 Å². The number of hydrogen-bond acceptors (Lipinski definition) is 3. The third-order valence-corrected chi connectivity index (χ3v) is 1.32. The summed E-state index contributed by atoms with van der Waals surface area (Å²) in [5.41, 5.74) is 0. The van der Waals surface area contributed by atoms with Crippen molar-refractivity contribution in [1.29, 1.82) is 0 Å². The molecule has 1 N–H and O–H groups in total. The number of carbonyl (C=O) groups excluding carboxylic acids is 1. The van der Waals surface area contributed by atoms with Crippen LogP contribution in [0.5, 0.6) is 0 Å². The molecule has 0 aromatic rings. The first-order valence-electron chi connectivity index (χ1n) is 3.81. The highest BCUT2D eigenvalue weighted by atomic mass is 19.4. The van der Waals surface area contributed by atoms with Crippen molar-refractivity contribution >= 4 is 11.9 Å². The summed E-state index contributed by atoms with van der Waals surface area (Å²) >= 11 is 0. The third-order valence-electron chi connectivity index (χ3n) is 1.32. The normalized spacial score (nSPS) is 11.2. The second kappa shape index (κ2) is 5.54. The molecule has 0 aliphatic rings. The lowest BCUT2D eigenvalue weighted by Crippen LogP contribution is -2.43.